The number of nitrogens with one attached hydrogen (secondary N) is 1. The predicted molar refractivity (Wildman–Crippen MR) is 115 cm³/mol. The van der Waals surface area contributed by atoms with Crippen LogP contribution < -0.4 is 10.2 Å². The van der Waals surface area contributed by atoms with E-state index in [4.69, 9.17) is 0 Å². The van der Waals surface area contributed by atoms with Gasteiger partial charge in [0.25, 0.3) is 0 Å². The summed E-state index contributed by atoms with van der Waals surface area (Å²) < 4.78 is 2.23. The second-order valence-corrected chi connectivity index (χ2v) is 7.73. The van der Waals surface area contributed by atoms with Crippen LogP contribution in [0.1, 0.15) is 24.9 Å². The van der Waals surface area contributed by atoms with Crippen molar-refractivity contribution in [1.82, 2.24) is 19.8 Å². The lowest BCUT2D eigenvalue weighted by Gasteiger charge is -2.39. The molecule has 28 heavy (non-hydrogen) atoms. The van der Waals surface area contributed by atoms with Crippen LogP contribution >= 0.6 is 0 Å². The van der Waals surface area contributed by atoms with E-state index in [0.717, 1.165) is 45.1 Å². The first-order valence-corrected chi connectivity index (χ1v) is 10.2. The van der Waals surface area contributed by atoms with Gasteiger partial charge >= 0.3 is 0 Å². The van der Waals surface area contributed by atoms with E-state index < -0.39 is 0 Å². The maximum atomic E-state index is 4.54. The van der Waals surface area contributed by atoms with E-state index in [0.29, 0.717) is 12.0 Å². The SMILES string of the molecule is CN=C(NCc1ccc(N2CC=CC2)cc1)N1CCC(C)C(n2ccnc2)C1. The van der Waals surface area contributed by atoms with Gasteiger partial charge < -0.3 is 19.7 Å². The molecular weight excluding hydrogens is 348 g/mol. The van der Waals surface area contributed by atoms with Gasteiger partial charge in [0.2, 0.25) is 0 Å². The van der Waals surface area contributed by atoms with Crippen LogP contribution in [0.3, 0.4) is 0 Å². The average molecular weight is 379 g/mol. The molecule has 2 atom stereocenters. The third kappa shape index (κ3) is 4.06. The van der Waals surface area contributed by atoms with Gasteiger partial charge in [-0.3, -0.25) is 4.99 Å². The van der Waals surface area contributed by atoms with Gasteiger partial charge in [-0.2, -0.15) is 0 Å². The highest BCUT2D eigenvalue weighted by Crippen LogP contribution is 2.27. The van der Waals surface area contributed by atoms with E-state index in [2.05, 4.69) is 79.2 Å². The van der Waals surface area contributed by atoms with Gasteiger partial charge in [-0.15, -0.1) is 0 Å². The van der Waals surface area contributed by atoms with Gasteiger partial charge in [0.15, 0.2) is 5.96 Å². The lowest BCUT2D eigenvalue weighted by molar-refractivity contribution is 0.189. The topological polar surface area (TPSA) is 48.7 Å². The van der Waals surface area contributed by atoms with Gasteiger partial charge in [-0.05, 0) is 30.0 Å². The fourth-order valence-corrected chi connectivity index (χ4v) is 4.12. The van der Waals surface area contributed by atoms with Crippen molar-refractivity contribution in [2.24, 2.45) is 10.9 Å². The molecule has 2 unspecified atom stereocenters. The zero-order valence-corrected chi connectivity index (χ0v) is 16.8. The molecule has 1 fully saturated rings. The van der Waals surface area contributed by atoms with Crippen LogP contribution in [0.5, 0.6) is 0 Å². The predicted octanol–water partition coefficient (Wildman–Crippen LogP) is 2.92. The van der Waals surface area contributed by atoms with Crippen LogP contribution in [0.25, 0.3) is 0 Å². The van der Waals surface area contributed by atoms with Gasteiger partial charge in [0.1, 0.15) is 0 Å². The smallest absolute Gasteiger partial charge is 0.193 e. The largest absolute Gasteiger partial charge is 0.364 e. The summed E-state index contributed by atoms with van der Waals surface area (Å²) in [6.07, 6.45) is 11.4. The van der Waals surface area contributed by atoms with E-state index in [1.54, 1.807) is 0 Å². The normalized spacial score (nSPS) is 22.7. The highest BCUT2D eigenvalue weighted by molar-refractivity contribution is 5.80. The summed E-state index contributed by atoms with van der Waals surface area (Å²) in [5.41, 5.74) is 2.56. The molecule has 3 heterocycles. The molecule has 1 aromatic carbocycles. The number of imidazole rings is 1. The zero-order valence-electron chi connectivity index (χ0n) is 16.8. The highest BCUT2D eigenvalue weighted by Gasteiger charge is 2.28. The summed E-state index contributed by atoms with van der Waals surface area (Å²) in [7, 11) is 1.87. The minimum atomic E-state index is 0.433. The first-order chi connectivity index (χ1) is 13.7. The van der Waals surface area contributed by atoms with Gasteiger partial charge in [0, 0.05) is 57.9 Å². The number of nitrogens with zero attached hydrogens (tertiary/aromatic N) is 5. The molecule has 2 aliphatic heterocycles. The Labute approximate surface area is 167 Å². The molecule has 0 amide bonds. The molecule has 2 aromatic rings. The minimum Gasteiger partial charge on any atom is -0.364 e. The Bertz CT molecular complexity index is 800. The molecule has 0 bridgehead atoms. The van der Waals surface area contributed by atoms with Crippen molar-refractivity contribution < 1.29 is 0 Å². The molecule has 2 aliphatic rings. The first kappa shape index (κ1) is 18.6. The Morgan fingerprint density at radius 3 is 2.68 bits per heavy atom. The Balaban J connectivity index is 1.35. The van der Waals surface area contributed by atoms with E-state index >= 15 is 0 Å². The Morgan fingerprint density at radius 2 is 2.00 bits per heavy atom. The number of piperidine rings is 1. The highest BCUT2D eigenvalue weighted by atomic mass is 15.3. The van der Waals surface area contributed by atoms with E-state index in [-0.39, 0.29) is 0 Å². The van der Waals surface area contributed by atoms with E-state index in [9.17, 15) is 0 Å². The number of hydrogen-bond acceptors (Lipinski definition) is 3. The van der Waals surface area contributed by atoms with Crippen LogP contribution in [0.15, 0.2) is 60.1 Å². The second-order valence-electron chi connectivity index (χ2n) is 7.73. The summed E-state index contributed by atoms with van der Waals surface area (Å²) >= 11 is 0. The molecule has 148 valence electrons. The van der Waals surface area contributed by atoms with Crippen molar-refractivity contribution in [3.63, 3.8) is 0 Å². The molecule has 0 aliphatic carbocycles. The van der Waals surface area contributed by atoms with E-state index in [1.165, 1.54) is 11.3 Å². The monoisotopic (exact) mass is 378 g/mol. The average Bonchev–Trinajstić information content (AvgIpc) is 3.44. The molecule has 6 nitrogen and oxygen atoms in total. The van der Waals surface area contributed by atoms with Crippen LogP contribution in [-0.2, 0) is 6.54 Å². The quantitative estimate of drug-likeness (QED) is 0.505. The lowest BCUT2D eigenvalue weighted by atomic mass is 9.93. The Kier molecular flexibility index (Phi) is 5.65. The number of guanidine groups is 1. The van der Waals surface area contributed by atoms with Crippen LogP contribution in [0, 0.1) is 5.92 Å². The summed E-state index contributed by atoms with van der Waals surface area (Å²) in [6.45, 7) is 7.12. The number of anilines is 1. The number of aromatic nitrogens is 2. The van der Waals surface area contributed by atoms with Gasteiger partial charge in [-0.25, -0.2) is 4.98 Å². The molecule has 0 spiro atoms. The zero-order chi connectivity index (χ0) is 19.3. The molecule has 6 heteroatoms. The second kappa shape index (κ2) is 8.50. The molecule has 1 N–H and O–H groups in total. The van der Waals surface area contributed by atoms with Gasteiger partial charge in [0.05, 0.1) is 12.4 Å². The molecule has 0 saturated carbocycles. The summed E-state index contributed by atoms with van der Waals surface area (Å²) in [5, 5.41) is 3.55. The third-order valence-corrected chi connectivity index (χ3v) is 5.91. The van der Waals surface area contributed by atoms with Crippen molar-refractivity contribution in [3.8, 4) is 0 Å². The molecule has 1 aromatic heterocycles. The Hall–Kier alpha value is -2.76. The maximum absolute atomic E-state index is 4.54. The molecule has 4 rings (SSSR count). The summed E-state index contributed by atoms with van der Waals surface area (Å²) in [6, 6.07) is 9.28. The number of hydrogen-bond donors (Lipinski definition) is 1. The number of rotatable bonds is 4. The third-order valence-electron chi connectivity index (χ3n) is 5.91. The standard InChI is InChI=1S/C22H30N6/c1-18-9-13-27(16-21(18)28-14-10-24-17-28)22(23-2)25-15-19-5-7-20(8-6-19)26-11-3-4-12-26/h3-8,10,14,17-18,21H,9,11-13,15-16H2,1-2H3,(H,23,25). The maximum Gasteiger partial charge on any atom is 0.193 e. The van der Waals surface area contributed by atoms with Crippen LogP contribution in [0.2, 0.25) is 0 Å². The van der Waals surface area contributed by atoms with Crippen molar-refractivity contribution in [2.45, 2.75) is 25.9 Å². The summed E-state index contributed by atoms with van der Waals surface area (Å²) in [5.74, 6) is 1.61. The first-order valence-electron chi connectivity index (χ1n) is 10.2. The minimum absolute atomic E-state index is 0.433. The molecule has 0 radical (unpaired) electrons. The fourth-order valence-electron chi connectivity index (χ4n) is 4.12. The summed E-state index contributed by atoms with van der Waals surface area (Å²) in [4.78, 5) is 13.5. The van der Waals surface area contributed by atoms with Crippen molar-refractivity contribution in [2.75, 3.05) is 38.1 Å². The number of likely N-dealkylation sites (tertiary alicyclic amines) is 1. The molecular formula is C22H30N6. The van der Waals surface area contributed by atoms with Crippen molar-refractivity contribution in [1.29, 1.82) is 0 Å². The Morgan fingerprint density at radius 1 is 1.21 bits per heavy atom. The van der Waals surface area contributed by atoms with Crippen LogP contribution in [0.4, 0.5) is 5.69 Å². The number of aliphatic imine (C=N–C) groups is 1. The molecule has 1 saturated heterocycles. The van der Waals surface area contributed by atoms with Gasteiger partial charge in [-0.1, -0.05) is 31.2 Å². The van der Waals surface area contributed by atoms with Crippen molar-refractivity contribution in [3.05, 3.63) is 60.7 Å². The van der Waals surface area contributed by atoms with Crippen molar-refractivity contribution >= 4 is 11.6 Å². The lowest BCUT2D eigenvalue weighted by Crippen LogP contribution is -2.48. The van der Waals surface area contributed by atoms with Crippen LogP contribution in [-0.4, -0.2) is 53.6 Å². The fraction of sp³-hybridized carbons (Fsp3) is 0.455. The van der Waals surface area contributed by atoms with E-state index in [1.807, 2.05) is 19.6 Å². The number of benzene rings is 1.